The Morgan fingerprint density at radius 2 is 0.951 bits per heavy atom. The van der Waals surface area contributed by atoms with Crippen LogP contribution in [0.25, 0.3) is 91.8 Å². The Bertz CT molecular complexity index is 3580. The van der Waals surface area contributed by atoms with Gasteiger partial charge in [-0.1, -0.05) is 164 Å². The number of aromatic nitrogens is 1. The molecule has 0 aliphatic rings. The summed E-state index contributed by atoms with van der Waals surface area (Å²) in [6.07, 6.45) is 0. The first kappa shape index (κ1) is 35.2. The molecule has 0 atom stereocenters. The van der Waals surface area contributed by atoms with Crippen molar-refractivity contribution in [3.63, 3.8) is 0 Å². The van der Waals surface area contributed by atoms with Crippen molar-refractivity contribution < 1.29 is 0 Å². The Hall–Kier alpha value is -7.72. The number of thiophene rings is 1. The molecule has 0 saturated heterocycles. The number of hydrogen-bond donors (Lipinski definition) is 0. The monoisotopic (exact) mass is 794 g/mol. The number of fused-ring (bicyclic) bond motifs is 7. The molecular formula is C58H38N2S. The molecule has 0 saturated carbocycles. The molecule has 0 aliphatic carbocycles. The molecule has 61 heavy (non-hydrogen) atoms. The third kappa shape index (κ3) is 6.01. The highest BCUT2D eigenvalue weighted by atomic mass is 32.1. The van der Waals surface area contributed by atoms with Gasteiger partial charge in [-0.05, 0) is 99.9 Å². The molecule has 0 radical (unpaired) electrons. The molecule has 3 heteroatoms. The number of hydrogen-bond acceptors (Lipinski definition) is 2. The highest BCUT2D eigenvalue weighted by Crippen LogP contribution is 2.45. The fourth-order valence-electron chi connectivity index (χ4n) is 9.29. The van der Waals surface area contributed by atoms with Crippen molar-refractivity contribution in [3.8, 4) is 39.1 Å². The lowest BCUT2D eigenvalue weighted by Gasteiger charge is -2.27. The lowest BCUT2D eigenvalue weighted by molar-refractivity contribution is 1.19. The molecule has 2 heterocycles. The van der Waals surface area contributed by atoms with E-state index in [9.17, 15) is 0 Å². The van der Waals surface area contributed by atoms with E-state index in [1.165, 1.54) is 86.1 Å². The average molecular weight is 795 g/mol. The lowest BCUT2D eigenvalue weighted by Crippen LogP contribution is -2.10. The maximum absolute atomic E-state index is 2.46. The Kier molecular flexibility index (Phi) is 8.39. The number of rotatable bonds is 7. The van der Waals surface area contributed by atoms with E-state index in [-0.39, 0.29) is 0 Å². The van der Waals surface area contributed by atoms with Gasteiger partial charge in [-0.25, -0.2) is 0 Å². The standard InChI is InChI=1S/C58H38N2S/c1-3-15-39(16-4-1)43-21-13-22-46(35-43)59(54-27-14-20-41-19-7-8-23-48(41)54)45-32-29-42(30-33-45)51-37-47(38-53-50-25-10-12-28-57(50)61-58(51)53)60-55-26-11-9-24-49(55)52-36-44(31-34-56(52)60)40-17-5-2-6-18-40/h1-38H. The van der Waals surface area contributed by atoms with Gasteiger partial charge in [0.1, 0.15) is 0 Å². The van der Waals surface area contributed by atoms with Crippen LogP contribution in [0.1, 0.15) is 0 Å². The fourth-order valence-corrected chi connectivity index (χ4v) is 10.5. The largest absolute Gasteiger partial charge is 0.310 e. The molecule has 12 aromatic rings. The van der Waals surface area contributed by atoms with Crippen molar-refractivity contribution in [3.05, 3.63) is 231 Å². The van der Waals surface area contributed by atoms with Crippen LogP contribution in [0.3, 0.4) is 0 Å². The summed E-state index contributed by atoms with van der Waals surface area (Å²) < 4.78 is 5.06. The van der Waals surface area contributed by atoms with Crippen LogP contribution in [-0.2, 0) is 0 Å². The number of nitrogens with zero attached hydrogens (tertiary/aromatic N) is 2. The molecule has 0 unspecified atom stereocenters. The van der Waals surface area contributed by atoms with Crippen molar-refractivity contribution in [1.29, 1.82) is 0 Å². The minimum atomic E-state index is 1.10. The SMILES string of the molecule is c1ccc(-c2cccc(N(c3ccc(-c4cc(-n5c6ccccc6c6cc(-c7ccccc7)ccc65)cc5c4sc4ccccc45)cc3)c3cccc4ccccc34)c2)cc1. The minimum absolute atomic E-state index is 1.10. The maximum atomic E-state index is 2.46. The Balaban J connectivity index is 1.05. The van der Waals surface area contributed by atoms with Crippen LogP contribution in [0.5, 0.6) is 0 Å². The van der Waals surface area contributed by atoms with Crippen LogP contribution in [0, 0.1) is 0 Å². The zero-order chi connectivity index (χ0) is 40.3. The Labute approximate surface area is 358 Å². The molecule has 0 aliphatic heterocycles. The second kappa shape index (κ2) is 14.5. The lowest BCUT2D eigenvalue weighted by atomic mass is 10.00. The predicted octanol–water partition coefficient (Wildman–Crippen LogP) is 16.8. The second-order valence-electron chi connectivity index (χ2n) is 15.7. The first-order valence-corrected chi connectivity index (χ1v) is 21.6. The van der Waals surface area contributed by atoms with E-state index in [1.807, 2.05) is 11.3 Å². The van der Waals surface area contributed by atoms with Gasteiger partial charge < -0.3 is 9.47 Å². The van der Waals surface area contributed by atoms with Crippen LogP contribution < -0.4 is 4.90 Å². The second-order valence-corrected chi connectivity index (χ2v) is 16.8. The zero-order valence-electron chi connectivity index (χ0n) is 33.2. The van der Waals surface area contributed by atoms with Crippen molar-refractivity contribution >= 4 is 81.1 Å². The highest BCUT2D eigenvalue weighted by Gasteiger charge is 2.20. The van der Waals surface area contributed by atoms with Crippen molar-refractivity contribution in [2.75, 3.05) is 4.90 Å². The van der Waals surface area contributed by atoms with Gasteiger partial charge in [-0.3, -0.25) is 0 Å². The smallest absolute Gasteiger partial charge is 0.0541 e. The molecule has 0 fully saturated rings. The van der Waals surface area contributed by atoms with Gasteiger partial charge >= 0.3 is 0 Å². The zero-order valence-corrected chi connectivity index (χ0v) is 34.1. The number of para-hydroxylation sites is 1. The minimum Gasteiger partial charge on any atom is -0.310 e. The summed E-state index contributed by atoms with van der Waals surface area (Å²) in [5, 5.41) is 7.49. The quantitative estimate of drug-likeness (QED) is 0.156. The van der Waals surface area contributed by atoms with Crippen LogP contribution in [-0.4, -0.2) is 4.57 Å². The summed E-state index contributed by atoms with van der Waals surface area (Å²) in [7, 11) is 0. The molecule has 0 amide bonds. The Morgan fingerprint density at radius 1 is 0.344 bits per heavy atom. The van der Waals surface area contributed by atoms with Crippen molar-refractivity contribution in [1.82, 2.24) is 4.57 Å². The van der Waals surface area contributed by atoms with Crippen molar-refractivity contribution in [2.24, 2.45) is 0 Å². The van der Waals surface area contributed by atoms with Crippen LogP contribution >= 0.6 is 11.3 Å². The van der Waals surface area contributed by atoms with Crippen LogP contribution in [0.15, 0.2) is 231 Å². The van der Waals surface area contributed by atoms with Gasteiger partial charge in [0.25, 0.3) is 0 Å². The van der Waals surface area contributed by atoms with Gasteiger partial charge in [-0.15, -0.1) is 11.3 Å². The van der Waals surface area contributed by atoms with Gasteiger partial charge in [0.15, 0.2) is 0 Å². The molecule has 286 valence electrons. The van der Waals surface area contributed by atoms with Crippen molar-refractivity contribution in [2.45, 2.75) is 0 Å². The van der Waals surface area contributed by atoms with Gasteiger partial charge in [0, 0.05) is 59.0 Å². The summed E-state index contributed by atoms with van der Waals surface area (Å²) in [4.78, 5) is 2.41. The molecular weight excluding hydrogens is 757 g/mol. The third-order valence-corrected chi connectivity index (χ3v) is 13.4. The summed E-state index contributed by atoms with van der Waals surface area (Å²) >= 11 is 1.88. The van der Waals surface area contributed by atoms with Gasteiger partial charge in [-0.2, -0.15) is 0 Å². The normalized spacial score (nSPS) is 11.6. The van der Waals surface area contributed by atoms with E-state index in [0.29, 0.717) is 0 Å². The molecule has 0 bridgehead atoms. The number of anilines is 3. The number of benzene rings is 10. The van der Waals surface area contributed by atoms with E-state index in [0.717, 1.165) is 22.7 Å². The van der Waals surface area contributed by atoms with E-state index < -0.39 is 0 Å². The van der Waals surface area contributed by atoms with Gasteiger partial charge in [0.2, 0.25) is 0 Å². The summed E-state index contributed by atoms with van der Waals surface area (Å²) in [6.45, 7) is 0. The summed E-state index contributed by atoms with van der Waals surface area (Å²) in [5.74, 6) is 0. The third-order valence-electron chi connectivity index (χ3n) is 12.2. The molecule has 10 aromatic carbocycles. The molecule has 2 aromatic heterocycles. The first-order valence-electron chi connectivity index (χ1n) is 20.8. The summed E-state index contributed by atoms with van der Waals surface area (Å²) in [5.41, 5.74) is 14.2. The van der Waals surface area contributed by atoms with E-state index >= 15 is 0 Å². The van der Waals surface area contributed by atoms with E-state index in [4.69, 9.17) is 0 Å². The maximum Gasteiger partial charge on any atom is 0.0541 e. The molecule has 0 N–H and O–H groups in total. The highest BCUT2D eigenvalue weighted by molar-refractivity contribution is 7.26. The van der Waals surface area contributed by atoms with Crippen LogP contribution in [0.4, 0.5) is 17.1 Å². The van der Waals surface area contributed by atoms with E-state index in [1.54, 1.807) is 0 Å². The topological polar surface area (TPSA) is 8.17 Å². The predicted molar refractivity (Wildman–Crippen MR) is 262 cm³/mol. The molecule has 0 spiro atoms. The Morgan fingerprint density at radius 3 is 1.75 bits per heavy atom. The van der Waals surface area contributed by atoms with E-state index in [2.05, 4.69) is 240 Å². The molecule has 2 nitrogen and oxygen atoms in total. The molecule has 12 rings (SSSR count). The fraction of sp³-hybridized carbons (Fsp3) is 0. The van der Waals surface area contributed by atoms with Gasteiger partial charge in [0.05, 0.1) is 16.7 Å². The summed E-state index contributed by atoms with van der Waals surface area (Å²) in [6, 6.07) is 84.2. The first-order chi connectivity index (χ1) is 30.2. The van der Waals surface area contributed by atoms with Crippen LogP contribution in [0.2, 0.25) is 0 Å². The average Bonchev–Trinajstić information content (AvgIpc) is 3.88.